The van der Waals surface area contributed by atoms with Crippen molar-refractivity contribution in [3.05, 3.63) is 32.6 Å². The number of aromatic amines is 1. The molecule has 20 heavy (non-hydrogen) atoms. The SMILES string of the molecule is O=c1[nH]c(=O)n([C@H]2CC(O)[C@H](CO)S2)cc1C(F)(F)F. The summed E-state index contributed by atoms with van der Waals surface area (Å²) in [5.41, 5.74) is -3.95. The molecule has 0 spiro atoms. The molecule has 0 saturated carbocycles. The first kappa shape index (κ1) is 15.1. The number of aliphatic hydroxyl groups is 2. The van der Waals surface area contributed by atoms with E-state index in [9.17, 15) is 27.9 Å². The van der Waals surface area contributed by atoms with Crippen LogP contribution in [0.2, 0.25) is 0 Å². The molecule has 1 aliphatic heterocycles. The van der Waals surface area contributed by atoms with Crippen LogP contribution in [0.4, 0.5) is 13.2 Å². The lowest BCUT2D eigenvalue weighted by Crippen LogP contribution is -2.35. The van der Waals surface area contributed by atoms with Gasteiger partial charge in [-0.3, -0.25) is 14.3 Å². The smallest absolute Gasteiger partial charge is 0.395 e. The Hall–Kier alpha value is -1.26. The van der Waals surface area contributed by atoms with Gasteiger partial charge in [-0.25, -0.2) is 4.79 Å². The maximum atomic E-state index is 12.6. The summed E-state index contributed by atoms with van der Waals surface area (Å²) in [5, 5.41) is 17.3. The summed E-state index contributed by atoms with van der Waals surface area (Å²) in [4.78, 5) is 24.4. The maximum absolute atomic E-state index is 12.6. The lowest BCUT2D eigenvalue weighted by molar-refractivity contribution is -0.139. The molecule has 2 heterocycles. The fraction of sp³-hybridized carbons (Fsp3) is 0.600. The van der Waals surface area contributed by atoms with E-state index in [1.807, 2.05) is 0 Å². The van der Waals surface area contributed by atoms with Crippen LogP contribution in [0.1, 0.15) is 17.4 Å². The molecule has 1 aromatic rings. The van der Waals surface area contributed by atoms with E-state index in [0.717, 1.165) is 16.3 Å². The molecule has 6 nitrogen and oxygen atoms in total. The minimum Gasteiger partial charge on any atom is -0.395 e. The van der Waals surface area contributed by atoms with Gasteiger partial charge in [0.15, 0.2) is 0 Å². The third kappa shape index (κ3) is 2.76. The molecule has 2 rings (SSSR count). The Morgan fingerprint density at radius 1 is 1.45 bits per heavy atom. The maximum Gasteiger partial charge on any atom is 0.423 e. The minimum atomic E-state index is -4.87. The molecule has 1 fully saturated rings. The molecule has 0 bridgehead atoms. The zero-order valence-corrected chi connectivity index (χ0v) is 10.7. The summed E-state index contributed by atoms with van der Waals surface area (Å²) in [7, 11) is 0. The molecule has 0 radical (unpaired) electrons. The molecular formula is C10H11F3N2O4S. The number of alkyl halides is 3. The van der Waals surface area contributed by atoms with E-state index < -0.39 is 39.7 Å². The average molecular weight is 312 g/mol. The predicted octanol–water partition coefficient (Wildman–Crippen LogP) is -0.0873. The Balaban J connectivity index is 2.43. The normalized spacial score (nSPS) is 26.9. The van der Waals surface area contributed by atoms with Crippen molar-refractivity contribution in [2.45, 2.75) is 29.3 Å². The van der Waals surface area contributed by atoms with Crippen LogP contribution in [-0.4, -0.2) is 37.7 Å². The summed E-state index contributed by atoms with van der Waals surface area (Å²) < 4.78 is 38.6. The van der Waals surface area contributed by atoms with E-state index in [4.69, 9.17) is 5.11 Å². The van der Waals surface area contributed by atoms with E-state index in [1.165, 1.54) is 0 Å². The Kier molecular flexibility index (Phi) is 3.98. The third-order valence-corrected chi connectivity index (χ3v) is 4.51. The summed E-state index contributed by atoms with van der Waals surface area (Å²) in [6.07, 6.45) is -5.34. The second-order valence-electron chi connectivity index (χ2n) is 4.32. The molecule has 112 valence electrons. The zero-order valence-electron chi connectivity index (χ0n) is 9.92. The van der Waals surface area contributed by atoms with Gasteiger partial charge < -0.3 is 10.2 Å². The van der Waals surface area contributed by atoms with Gasteiger partial charge in [0.05, 0.1) is 23.3 Å². The Morgan fingerprint density at radius 2 is 2.10 bits per heavy atom. The summed E-state index contributed by atoms with van der Waals surface area (Å²) in [5.74, 6) is 0. The molecule has 0 amide bonds. The fourth-order valence-corrected chi connectivity index (χ4v) is 3.33. The third-order valence-electron chi connectivity index (χ3n) is 2.97. The lowest BCUT2D eigenvalue weighted by Gasteiger charge is -2.15. The van der Waals surface area contributed by atoms with Crippen molar-refractivity contribution >= 4 is 11.8 Å². The van der Waals surface area contributed by atoms with E-state index in [0.29, 0.717) is 6.20 Å². The van der Waals surface area contributed by atoms with E-state index in [2.05, 4.69) is 0 Å². The van der Waals surface area contributed by atoms with Gasteiger partial charge in [-0.2, -0.15) is 13.2 Å². The molecule has 0 aliphatic carbocycles. The molecule has 1 unspecified atom stereocenters. The Labute approximate surface area is 114 Å². The van der Waals surface area contributed by atoms with Crippen LogP contribution in [0.25, 0.3) is 0 Å². The first-order valence-corrected chi connectivity index (χ1v) is 6.55. The molecule has 3 N–H and O–H groups in total. The number of aliphatic hydroxyl groups excluding tert-OH is 2. The van der Waals surface area contributed by atoms with Crippen LogP contribution in [0.5, 0.6) is 0 Å². The van der Waals surface area contributed by atoms with Crippen molar-refractivity contribution in [1.29, 1.82) is 0 Å². The van der Waals surface area contributed by atoms with Crippen LogP contribution in [0.3, 0.4) is 0 Å². The van der Waals surface area contributed by atoms with Crippen LogP contribution in [-0.2, 0) is 6.18 Å². The second-order valence-corrected chi connectivity index (χ2v) is 5.74. The highest BCUT2D eigenvalue weighted by molar-refractivity contribution is 8.00. The van der Waals surface area contributed by atoms with Gasteiger partial charge in [0.2, 0.25) is 0 Å². The number of hydrogen-bond acceptors (Lipinski definition) is 5. The molecule has 1 aromatic heterocycles. The van der Waals surface area contributed by atoms with Crippen LogP contribution in [0, 0.1) is 0 Å². The van der Waals surface area contributed by atoms with Gasteiger partial charge >= 0.3 is 11.9 Å². The number of halogens is 3. The van der Waals surface area contributed by atoms with Crippen LogP contribution >= 0.6 is 11.8 Å². The second kappa shape index (κ2) is 5.26. The fourth-order valence-electron chi connectivity index (χ4n) is 1.95. The van der Waals surface area contributed by atoms with E-state index >= 15 is 0 Å². The Bertz CT molecular complexity index is 612. The highest BCUT2D eigenvalue weighted by Gasteiger charge is 2.38. The van der Waals surface area contributed by atoms with Gasteiger partial charge in [0.25, 0.3) is 5.56 Å². The van der Waals surface area contributed by atoms with Gasteiger partial charge in [0, 0.05) is 12.6 Å². The van der Waals surface area contributed by atoms with Crippen LogP contribution < -0.4 is 11.2 Å². The monoisotopic (exact) mass is 312 g/mol. The summed E-state index contributed by atoms with van der Waals surface area (Å²) in [6.45, 7) is -0.355. The van der Waals surface area contributed by atoms with Crippen molar-refractivity contribution in [3.8, 4) is 0 Å². The minimum absolute atomic E-state index is 0.0130. The van der Waals surface area contributed by atoms with Crippen LogP contribution in [0.15, 0.2) is 15.8 Å². The van der Waals surface area contributed by atoms with E-state index in [-0.39, 0.29) is 13.0 Å². The highest BCUT2D eigenvalue weighted by Crippen LogP contribution is 2.40. The average Bonchev–Trinajstić information content (AvgIpc) is 2.68. The van der Waals surface area contributed by atoms with Crippen molar-refractivity contribution in [2.24, 2.45) is 0 Å². The van der Waals surface area contributed by atoms with Crippen molar-refractivity contribution in [2.75, 3.05) is 6.61 Å². The first-order valence-electron chi connectivity index (χ1n) is 5.61. The van der Waals surface area contributed by atoms with Gasteiger partial charge in [-0.1, -0.05) is 0 Å². The van der Waals surface area contributed by atoms with Gasteiger partial charge in [0.1, 0.15) is 5.56 Å². The van der Waals surface area contributed by atoms with Crippen molar-refractivity contribution in [3.63, 3.8) is 0 Å². The van der Waals surface area contributed by atoms with Gasteiger partial charge in [-0.05, 0) is 0 Å². The molecule has 3 atom stereocenters. The number of hydrogen-bond donors (Lipinski definition) is 3. The predicted molar refractivity (Wildman–Crippen MR) is 64.5 cm³/mol. The number of nitrogens with zero attached hydrogens (tertiary/aromatic N) is 1. The molecule has 1 aliphatic rings. The highest BCUT2D eigenvalue weighted by atomic mass is 32.2. The van der Waals surface area contributed by atoms with E-state index in [1.54, 1.807) is 4.98 Å². The summed E-state index contributed by atoms with van der Waals surface area (Å²) >= 11 is 0.985. The zero-order chi connectivity index (χ0) is 15.1. The first-order chi connectivity index (χ1) is 9.24. The molecule has 0 aromatic carbocycles. The van der Waals surface area contributed by atoms with Crippen molar-refractivity contribution < 1.29 is 23.4 Å². The summed E-state index contributed by atoms with van der Waals surface area (Å²) in [6, 6.07) is 0. The Morgan fingerprint density at radius 3 is 2.60 bits per heavy atom. The molecular weight excluding hydrogens is 301 g/mol. The van der Waals surface area contributed by atoms with Gasteiger partial charge in [-0.15, -0.1) is 11.8 Å². The molecule has 1 saturated heterocycles. The number of nitrogens with one attached hydrogen (secondary N) is 1. The number of rotatable bonds is 2. The van der Waals surface area contributed by atoms with Crippen molar-refractivity contribution in [1.82, 2.24) is 9.55 Å². The number of thioether (sulfide) groups is 1. The quantitative estimate of drug-likeness (QED) is 0.709. The largest absolute Gasteiger partial charge is 0.423 e. The number of aromatic nitrogens is 2. The topological polar surface area (TPSA) is 95.3 Å². The standard InChI is InChI=1S/C10H11F3N2O4S/c11-10(12,13)4-2-15(9(19)14-8(4)18)7-1-5(17)6(3-16)20-7/h2,5-7,16-17H,1,3H2,(H,14,18,19)/t5?,6-,7+/m0/s1. The lowest BCUT2D eigenvalue weighted by atomic mass is 10.2. The number of H-pyrrole nitrogens is 1. The molecule has 10 heteroatoms.